The molecule has 3 rings (SSSR count). The lowest BCUT2D eigenvalue weighted by molar-refractivity contribution is -0.130. The first-order valence-corrected chi connectivity index (χ1v) is 8.95. The maximum absolute atomic E-state index is 12.9. The molecule has 0 saturated heterocycles. The molecule has 1 atom stereocenters. The molecular formula is C22H25NO3. The second-order valence-corrected chi connectivity index (χ2v) is 6.65. The van der Waals surface area contributed by atoms with Gasteiger partial charge >= 0.3 is 0 Å². The highest BCUT2D eigenvalue weighted by Gasteiger charge is 2.24. The number of fused-ring (bicyclic) bond motifs is 1. The highest BCUT2D eigenvalue weighted by atomic mass is 16.7. The SMILES string of the molecule is C=C(C)CN(CC)C(=O)C[C@H](c1ccccc1)c1ccc2c(c1)OCO2. The number of ether oxygens (including phenoxy) is 2. The minimum absolute atomic E-state index is 0.0302. The third-order valence-corrected chi connectivity index (χ3v) is 4.57. The summed E-state index contributed by atoms with van der Waals surface area (Å²) in [5.74, 6) is 1.59. The lowest BCUT2D eigenvalue weighted by atomic mass is 9.88. The Morgan fingerprint density at radius 1 is 1.12 bits per heavy atom. The number of nitrogens with zero attached hydrogens (tertiary/aromatic N) is 1. The van der Waals surface area contributed by atoms with E-state index in [9.17, 15) is 4.79 Å². The Morgan fingerprint density at radius 3 is 2.54 bits per heavy atom. The molecule has 0 aliphatic carbocycles. The van der Waals surface area contributed by atoms with Gasteiger partial charge in [0.2, 0.25) is 12.7 Å². The first kappa shape index (κ1) is 18.1. The average Bonchev–Trinajstić information content (AvgIpc) is 3.12. The quantitative estimate of drug-likeness (QED) is 0.696. The summed E-state index contributed by atoms with van der Waals surface area (Å²) >= 11 is 0. The van der Waals surface area contributed by atoms with E-state index in [4.69, 9.17) is 9.47 Å². The van der Waals surface area contributed by atoms with Gasteiger partial charge < -0.3 is 14.4 Å². The average molecular weight is 351 g/mol. The lowest BCUT2D eigenvalue weighted by Gasteiger charge is -2.25. The minimum atomic E-state index is -0.0302. The fourth-order valence-electron chi connectivity index (χ4n) is 3.25. The number of benzene rings is 2. The summed E-state index contributed by atoms with van der Waals surface area (Å²) in [5.41, 5.74) is 3.16. The van der Waals surface area contributed by atoms with Gasteiger partial charge in [-0.15, -0.1) is 0 Å². The van der Waals surface area contributed by atoms with Gasteiger partial charge in [0.15, 0.2) is 11.5 Å². The highest BCUT2D eigenvalue weighted by Crippen LogP contribution is 2.37. The second-order valence-electron chi connectivity index (χ2n) is 6.65. The molecule has 2 aromatic carbocycles. The van der Waals surface area contributed by atoms with Crippen LogP contribution < -0.4 is 9.47 Å². The summed E-state index contributed by atoms with van der Waals surface area (Å²) in [6.45, 7) is 9.40. The third kappa shape index (κ3) is 4.07. The predicted octanol–water partition coefficient (Wildman–Crippen LogP) is 4.36. The van der Waals surface area contributed by atoms with Gasteiger partial charge in [-0.05, 0) is 37.1 Å². The summed E-state index contributed by atoms with van der Waals surface area (Å²) in [6.07, 6.45) is 0.408. The van der Waals surface area contributed by atoms with Gasteiger partial charge in [-0.1, -0.05) is 48.6 Å². The molecule has 1 aliphatic rings. The smallest absolute Gasteiger partial charge is 0.231 e. The number of carbonyl (C=O) groups is 1. The molecular weight excluding hydrogens is 326 g/mol. The number of rotatable bonds is 7. The molecule has 136 valence electrons. The standard InChI is InChI=1S/C22H25NO3/c1-4-23(14-16(2)3)22(24)13-19(17-8-6-5-7-9-17)18-10-11-20-21(12-18)26-15-25-20/h5-12,19H,2,4,13-15H2,1,3H3/t19-/m1/s1. The molecule has 0 fully saturated rings. The van der Waals surface area contributed by atoms with Gasteiger partial charge in [-0.3, -0.25) is 4.79 Å². The van der Waals surface area contributed by atoms with E-state index < -0.39 is 0 Å². The molecule has 1 aliphatic heterocycles. The van der Waals surface area contributed by atoms with Crippen LogP contribution in [0.2, 0.25) is 0 Å². The first-order valence-electron chi connectivity index (χ1n) is 8.95. The molecule has 4 heteroatoms. The van der Waals surface area contributed by atoms with E-state index in [1.165, 1.54) is 0 Å². The van der Waals surface area contributed by atoms with E-state index in [1.54, 1.807) is 0 Å². The Morgan fingerprint density at radius 2 is 1.85 bits per heavy atom. The number of hydrogen-bond donors (Lipinski definition) is 0. The molecule has 0 radical (unpaired) electrons. The first-order chi connectivity index (χ1) is 12.6. The lowest BCUT2D eigenvalue weighted by Crippen LogP contribution is -2.33. The Bertz CT molecular complexity index is 785. The Labute approximate surface area is 155 Å². The third-order valence-electron chi connectivity index (χ3n) is 4.57. The maximum atomic E-state index is 12.9. The van der Waals surface area contributed by atoms with Crippen molar-refractivity contribution in [3.63, 3.8) is 0 Å². The van der Waals surface area contributed by atoms with Crippen molar-refractivity contribution in [1.82, 2.24) is 4.90 Å². The maximum Gasteiger partial charge on any atom is 0.231 e. The Hall–Kier alpha value is -2.75. The molecule has 1 heterocycles. The normalized spacial score (nSPS) is 13.3. The van der Waals surface area contributed by atoms with Crippen molar-refractivity contribution in [2.45, 2.75) is 26.2 Å². The summed E-state index contributed by atoms with van der Waals surface area (Å²) in [4.78, 5) is 14.8. The molecule has 0 bridgehead atoms. The van der Waals surface area contributed by atoms with Gasteiger partial charge in [-0.25, -0.2) is 0 Å². The molecule has 0 unspecified atom stereocenters. The van der Waals surface area contributed by atoms with Crippen LogP contribution in [0, 0.1) is 0 Å². The van der Waals surface area contributed by atoms with Crippen LogP contribution >= 0.6 is 0 Å². The zero-order chi connectivity index (χ0) is 18.5. The zero-order valence-corrected chi connectivity index (χ0v) is 15.4. The van der Waals surface area contributed by atoms with Crippen LogP contribution in [0.3, 0.4) is 0 Å². The fourth-order valence-corrected chi connectivity index (χ4v) is 3.25. The summed E-state index contributed by atoms with van der Waals surface area (Å²) < 4.78 is 10.9. The molecule has 0 saturated carbocycles. The summed E-state index contributed by atoms with van der Waals surface area (Å²) in [6, 6.07) is 16.1. The van der Waals surface area contributed by atoms with Gasteiger partial charge in [0.25, 0.3) is 0 Å². The topological polar surface area (TPSA) is 38.8 Å². The van der Waals surface area contributed by atoms with Crippen LogP contribution in [0.1, 0.15) is 37.3 Å². The van der Waals surface area contributed by atoms with Crippen molar-refractivity contribution in [2.24, 2.45) is 0 Å². The van der Waals surface area contributed by atoms with E-state index in [0.717, 1.165) is 28.2 Å². The van der Waals surface area contributed by atoms with Crippen LogP contribution in [0.15, 0.2) is 60.7 Å². The largest absolute Gasteiger partial charge is 0.454 e. The summed E-state index contributed by atoms with van der Waals surface area (Å²) in [7, 11) is 0. The molecule has 2 aromatic rings. The van der Waals surface area contributed by atoms with Crippen LogP contribution in [-0.2, 0) is 4.79 Å². The number of hydrogen-bond acceptors (Lipinski definition) is 3. The molecule has 0 N–H and O–H groups in total. The van der Waals surface area contributed by atoms with Crippen LogP contribution in [-0.4, -0.2) is 30.7 Å². The fraction of sp³-hybridized carbons (Fsp3) is 0.318. The molecule has 26 heavy (non-hydrogen) atoms. The van der Waals surface area contributed by atoms with E-state index in [0.29, 0.717) is 19.5 Å². The van der Waals surface area contributed by atoms with Crippen molar-refractivity contribution in [2.75, 3.05) is 19.9 Å². The summed E-state index contributed by atoms with van der Waals surface area (Å²) in [5, 5.41) is 0. The Kier molecular flexibility index (Phi) is 5.61. The monoisotopic (exact) mass is 351 g/mol. The van der Waals surface area contributed by atoms with Crippen LogP contribution in [0.5, 0.6) is 11.5 Å². The zero-order valence-electron chi connectivity index (χ0n) is 15.4. The second kappa shape index (κ2) is 8.09. The Balaban J connectivity index is 1.89. The minimum Gasteiger partial charge on any atom is -0.454 e. The molecule has 1 amide bonds. The molecule has 0 spiro atoms. The van der Waals surface area contributed by atoms with Crippen molar-refractivity contribution in [1.29, 1.82) is 0 Å². The van der Waals surface area contributed by atoms with E-state index in [2.05, 4.69) is 18.7 Å². The number of carbonyl (C=O) groups excluding carboxylic acids is 1. The molecule has 0 aromatic heterocycles. The van der Waals surface area contributed by atoms with E-state index in [1.807, 2.05) is 55.1 Å². The van der Waals surface area contributed by atoms with Crippen molar-refractivity contribution in [3.8, 4) is 11.5 Å². The van der Waals surface area contributed by atoms with Crippen LogP contribution in [0.4, 0.5) is 0 Å². The van der Waals surface area contributed by atoms with Crippen molar-refractivity contribution in [3.05, 3.63) is 71.8 Å². The van der Waals surface area contributed by atoms with Crippen molar-refractivity contribution < 1.29 is 14.3 Å². The van der Waals surface area contributed by atoms with Gasteiger partial charge in [0, 0.05) is 25.4 Å². The number of amides is 1. The van der Waals surface area contributed by atoms with Gasteiger partial charge in [0.05, 0.1) is 0 Å². The highest BCUT2D eigenvalue weighted by molar-refractivity contribution is 5.78. The van der Waals surface area contributed by atoms with Crippen LogP contribution in [0.25, 0.3) is 0 Å². The number of likely N-dealkylation sites (N-methyl/N-ethyl adjacent to an activating group) is 1. The van der Waals surface area contributed by atoms with E-state index in [-0.39, 0.29) is 18.6 Å². The molecule has 4 nitrogen and oxygen atoms in total. The predicted molar refractivity (Wildman–Crippen MR) is 103 cm³/mol. The van der Waals surface area contributed by atoms with Crippen molar-refractivity contribution >= 4 is 5.91 Å². The van der Waals surface area contributed by atoms with Gasteiger partial charge in [0.1, 0.15) is 0 Å². The van der Waals surface area contributed by atoms with Gasteiger partial charge in [-0.2, -0.15) is 0 Å². The van der Waals surface area contributed by atoms with E-state index >= 15 is 0 Å².